The van der Waals surface area contributed by atoms with Gasteiger partial charge < -0.3 is 4.90 Å². The Labute approximate surface area is 163 Å². The van der Waals surface area contributed by atoms with Gasteiger partial charge >= 0.3 is 0 Å². The lowest BCUT2D eigenvalue weighted by molar-refractivity contribution is -0.462. The van der Waals surface area contributed by atoms with Crippen LogP contribution in [0, 0.1) is 0 Å². The molecule has 0 atom stereocenters. The van der Waals surface area contributed by atoms with Crippen LogP contribution in [-0.4, -0.2) is 38.0 Å². The number of anilines is 1. The summed E-state index contributed by atoms with van der Waals surface area (Å²) >= 11 is 0. The zero-order chi connectivity index (χ0) is 19.2. The standard InChI is InChI=1S/C25H29N2/c1-5-19-27(4)24-17-13-22(14-18-24)25(20-9-7-6-8-10-20)21-11-15-23(16-12-21)26(2)3/h6-18H,5,19H2,1-4H3/q+1. The SMILES string of the molecule is CCCN(C)c1ccc(C(=C2C=CC(=[N+](C)C)C=C2)c2ccccc2)cc1. The number of rotatable bonds is 5. The molecule has 0 radical (unpaired) electrons. The third-order valence-corrected chi connectivity index (χ3v) is 4.89. The van der Waals surface area contributed by atoms with E-state index in [-0.39, 0.29) is 0 Å². The van der Waals surface area contributed by atoms with Gasteiger partial charge in [-0.15, -0.1) is 0 Å². The van der Waals surface area contributed by atoms with E-state index in [1.165, 1.54) is 33.7 Å². The van der Waals surface area contributed by atoms with Crippen LogP contribution >= 0.6 is 0 Å². The Morgan fingerprint density at radius 2 is 1.41 bits per heavy atom. The number of allylic oxidation sites excluding steroid dienone is 5. The Kier molecular flexibility index (Phi) is 6.08. The second-order valence-corrected chi connectivity index (χ2v) is 7.15. The molecule has 1 aliphatic carbocycles. The third-order valence-electron chi connectivity index (χ3n) is 4.89. The van der Waals surface area contributed by atoms with Gasteiger partial charge in [-0.2, -0.15) is 0 Å². The first-order valence-electron chi connectivity index (χ1n) is 9.62. The van der Waals surface area contributed by atoms with Crippen LogP contribution in [0.25, 0.3) is 5.57 Å². The van der Waals surface area contributed by atoms with Gasteiger partial charge in [-0.1, -0.05) is 49.4 Å². The summed E-state index contributed by atoms with van der Waals surface area (Å²) in [6.07, 6.45) is 9.95. The lowest BCUT2D eigenvalue weighted by atomic mass is 9.90. The lowest BCUT2D eigenvalue weighted by Crippen LogP contribution is -2.17. The zero-order valence-electron chi connectivity index (χ0n) is 16.8. The van der Waals surface area contributed by atoms with Crippen molar-refractivity contribution in [3.8, 4) is 0 Å². The van der Waals surface area contributed by atoms with Gasteiger partial charge in [0.2, 0.25) is 0 Å². The molecule has 0 N–H and O–H groups in total. The molecule has 1 aliphatic rings. The summed E-state index contributed by atoms with van der Waals surface area (Å²) in [6, 6.07) is 19.6. The van der Waals surface area contributed by atoms with Crippen molar-refractivity contribution < 1.29 is 4.58 Å². The minimum absolute atomic E-state index is 1.07. The molecule has 0 heterocycles. The first kappa shape index (κ1) is 18.9. The van der Waals surface area contributed by atoms with Gasteiger partial charge in [0.05, 0.1) is 0 Å². The first-order valence-corrected chi connectivity index (χ1v) is 9.62. The van der Waals surface area contributed by atoms with Gasteiger partial charge in [0.25, 0.3) is 0 Å². The highest BCUT2D eigenvalue weighted by atomic mass is 15.1. The maximum Gasteiger partial charge on any atom is 0.199 e. The summed E-state index contributed by atoms with van der Waals surface area (Å²) < 4.78 is 2.13. The van der Waals surface area contributed by atoms with E-state index in [2.05, 4.69) is 116 Å². The zero-order valence-corrected chi connectivity index (χ0v) is 16.8. The van der Waals surface area contributed by atoms with E-state index >= 15 is 0 Å². The van der Waals surface area contributed by atoms with Gasteiger partial charge in [0, 0.05) is 31.4 Å². The van der Waals surface area contributed by atoms with Crippen LogP contribution in [0.5, 0.6) is 0 Å². The van der Waals surface area contributed by atoms with Crippen molar-refractivity contribution >= 4 is 17.0 Å². The Morgan fingerprint density at radius 3 is 1.96 bits per heavy atom. The summed E-state index contributed by atoms with van der Waals surface area (Å²) in [5.74, 6) is 0. The molecule has 2 aromatic carbocycles. The van der Waals surface area contributed by atoms with Crippen LogP contribution in [0.4, 0.5) is 5.69 Å². The fraction of sp³-hybridized carbons (Fsp3) is 0.240. The summed E-state index contributed by atoms with van der Waals surface area (Å²) in [6.45, 7) is 3.28. The molecule has 0 unspecified atom stereocenters. The number of hydrogen-bond donors (Lipinski definition) is 0. The number of hydrogen-bond acceptors (Lipinski definition) is 1. The predicted octanol–water partition coefficient (Wildman–Crippen LogP) is 5.17. The fourth-order valence-corrected chi connectivity index (χ4v) is 3.38. The van der Waals surface area contributed by atoms with E-state index in [4.69, 9.17) is 0 Å². The van der Waals surface area contributed by atoms with Crippen molar-refractivity contribution in [3.63, 3.8) is 0 Å². The highest BCUT2D eigenvalue weighted by Gasteiger charge is 2.13. The summed E-state index contributed by atoms with van der Waals surface area (Å²) in [7, 11) is 6.30. The minimum atomic E-state index is 1.07. The maximum absolute atomic E-state index is 2.30. The van der Waals surface area contributed by atoms with Crippen LogP contribution in [-0.2, 0) is 0 Å². The fourth-order valence-electron chi connectivity index (χ4n) is 3.38. The van der Waals surface area contributed by atoms with E-state index in [0.29, 0.717) is 0 Å². The van der Waals surface area contributed by atoms with Crippen molar-refractivity contribution in [1.82, 2.24) is 0 Å². The maximum atomic E-state index is 2.30. The van der Waals surface area contributed by atoms with Gasteiger partial charge in [0.15, 0.2) is 5.71 Å². The minimum Gasteiger partial charge on any atom is -0.375 e. The van der Waals surface area contributed by atoms with E-state index in [0.717, 1.165) is 13.0 Å². The molecular weight excluding hydrogens is 328 g/mol. The summed E-state index contributed by atoms with van der Waals surface area (Å²) in [5.41, 5.74) is 7.46. The third kappa shape index (κ3) is 4.46. The van der Waals surface area contributed by atoms with Crippen LogP contribution in [0.1, 0.15) is 24.5 Å². The average molecular weight is 358 g/mol. The van der Waals surface area contributed by atoms with Crippen LogP contribution in [0.3, 0.4) is 0 Å². The number of nitrogens with zero attached hydrogens (tertiary/aromatic N) is 2. The van der Waals surface area contributed by atoms with Crippen LogP contribution in [0.15, 0.2) is 84.5 Å². The van der Waals surface area contributed by atoms with E-state index < -0.39 is 0 Å². The Morgan fingerprint density at radius 1 is 0.815 bits per heavy atom. The molecule has 0 fully saturated rings. The molecule has 0 saturated heterocycles. The van der Waals surface area contributed by atoms with Crippen LogP contribution in [0.2, 0.25) is 0 Å². The molecule has 3 rings (SSSR count). The summed E-state index contributed by atoms with van der Waals surface area (Å²) in [5, 5.41) is 0. The van der Waals surface area contributed by atoms with Crippen molar-refractivity contribution in [2.24, 2.45) is 0 Å². The molecule has 138 valence electrons. The quantitative estimate of drug-likeness (QED) is 0.669. The van der Waals surface area contributed by atoms with E-state index in [1.807, 2.05) is 0 Å². The van der Waals surface area contributed by atoms with Crippen molar-refractivity contribution in [2.45, 2.75) is 13.3 Å². The van der Waals surface area contributed by atoms with Crippen molar-refractivity contribution in [1.29, 1.82) is 0 Å². The smallest absolute Gasteiger partial charge is 0.199 e. The van der Waals surface area contributed by atoms with Crippen molar-refractivity contribution in [2.75, 3.05) is 32.6 Å². The van der Waals surface area contributed by atoms with Gasteiger partial charge in [-0.25, -0.2) is 4.58 Å². The molecular formula is C25H29N2+. The molecule has 0 saturated carbocycles. The molecule has 0 aromatic heterocycles. The monoisotopic (exact) mass is 357 g/mol. The number of benzene rings is 2. The van der Waals surface area contributed by atoms with E-state index in [9.17, 15) is 0 Å². The second kappa shape index (κ2) is 8.68. The molecule has 2 aromatic rings. The molecule has 0 aliphatic heterocycles. The molecule has 0 amide bonds. The Balaban J connectivity index is 2.05. The molecule has 27 heavy (non-hydrogen) atoms. The predicted molar refractivity (Wildman–Crippen MR) is 118 cm³/mol. The van der Waals surface area contributed by atoms with Crippen molar-refractivity contribution in [3.05, 3.63) is 95.6 Å². The first-order chi connectivity index (χ1) is 13.1. The van der Waals surface area contributed by atoms with E-state index in [1.54, 1.807) is 0 Å². The molecule has 2 heteroatoms. The highest BCUT2D eigenvalue weighted by molar-refractivity contribution is 6.03. The highest BCUT2D eigenvalue weighted by Crippen LogP contribution is 2.30. The lowest BCUT2D eigenvalue weighted by Gasteiger charge is -2.19. The average Bonchev–Trinajstić information content (AvgIpc) is 2.70. The largest absolute Gasteiger partial charge is 0.375 e. The van der Waals surface area contributed by atoms with Gasteiger partial charge in [0.1, 0.15) is 14.1 Å². The second-order valence-electron chi connectivity index (χ2n) is 7.15. The molecule has 0 spiro atoms. The Bertz CT molecular complexity index is 875. The molecule has 0 bridgehead atoms. The van der Waals surface area contributed by atoms with Crippen LogP contribution < -0.4 is 4.90 Å². The Hall–Kier alpha value is -2.87. The van der Waals surface area contributed by atoms with Gasteiger partial charge in [-0.05, 0) is 53.0 Å². The molecule has 2 nitrogen and oxygen atoms in total. The summed E-state index contributed by atoms with van der Waals surface area (Å²) in [4.78, 5) is 2.30. The topological polar surface area (TPSA) is 6.25 Å². The van der Waals surface area contributed by atoms with Gasteiger partial charge in [-0.3, -0.25) is 0 Å². The normalized spacial score (nSPS) is 13.0.